The Kier molecular flexibility index (Phi) is 6.32. The largest absolute Gasteiger partial charge is 0.375 e. The number of aromatic nitrogens is 1. The number of nitrogens with one attached hydrogen (secondary N) is 1. The van der Waals surface area contributed by atoms with Gasteiger partial charge in [0.15, 0.2) is 5.13 Å². The van der Waals surface area contributed by atoms with Crippen molar-refractivity contribution in [1.82, 2.24) is 10.3 Å². The molecule has 0 unspecified atom stereocenters. The number of fused-ring (bicyclic) bond motifs is 1. The van der Waals surface area contributed by atoms with E-state index in [4.69, 9.17) is 5.73 Å². The van der Waals surface area contributed by atoms with Crippen LogP contribution in [0.2, 0.25) is 0 Å². The summed E-state index contributed by atoms with van der Waals surface area (Å²) in [6.45, 7) is 0.737. The molecule has 2 aromatic rings. The highest BCUT2D eigenvalue weighted by Crippen LogP contribution is 2.24. The molecule has 1 heterocycles. The van der Waals surface area contributed by atoms with Gasteiger partial charge < -0.3 is 11.1 Å². The summed E-state index contributed by atoms with van der Waals surface area (Å²) in [5.41, 5.74) is 7.19. The Labute approximate surface area is 133 Å². The van der Waals surface area contributed by atoms with E-state index in [0.29, 0.717) is 10.7 Å². The third kappa shape index (κ3) is 4.89. The van der Waals surface area contributed by atoms with Gasteiger partial charge in [0.1, 0.15) is 0 Å². The lowest BCUT2D eigenvalue weighted by Gasteiger charge is -2.05. The van der Waals surface area contributed by atoms with E-state index >= 15 is 0 Å². The molecule has 3 N–H and O–H groups in total. The second-order valence-electron chi connectivity index (χ2n) is 4.90. The summed E-state index contributed by atoms with van der Waals surface area (Å²) < 4.78 is 0.956. The molecule has 0 spiro atoms. The zero-order valence-corrected chi connectivity index (χ0v) is 13.9. The summed E-state index contributed by atoms with van der Waals surface area (Å²) in [5.74, 6) is 1.21. The highest BCUT2D eigenvalue weighted by molar-refractivity contribution is 7.98. The smallest absolute Gasteiger partial charge is 0.251 e. The maximum atomic E-state index is 12.1. The quantitative estimate of drug-likeness (QED) is 0.729. The molecule has 0 radical (unpaired) electrons. The third-order valence-corrected chi connectivity index (χ3v) is 4.77. The summed E-state index contributed by atoms with van der Waals surface area (Å²) in [6, 6.07) is 5.51. The minimum absolute atomic E-state index is 0.0204. The Hall–Kier alpha value is -1.27. The van der Waals surface area contributed by atoms with Crippen molar-refractivity contribution < 1.29 is 4.79 Å². The van der Waals surface area contributed by atoms with Crippen LogP contribution in [0.4, 0.5) is 5.13 Å². The van der Waals surface area contributed by atoms with Crippen LogP contribution in [0.3, 0.4) is 0 Å². The standard InChI is InChI=1S/C15H21N3OS2/c1-20-9-5-3-2-4-8-17-14(19)11-6-7-12-13(10-11)21-15(16)18-12/h6-7,10H,2-5,8-9H2,1H3,(H2,16,18)(H,17,19). The predicted molar refractivity (Wildman–Crippen MR) is 93.2 cm³/mol. The molecule has 0 aliphatic carbocycles. The van der Waals surface area contributed by atoms with E-state index in [2.05, 4.69) is 16.6 Å². The van der Waals surface area contributed by atoms with Crippen molar-refractivity contribution in [3.63, 3.8) is 0 Å². The second-order valence-corrected chi connectivity index (χ2v) is 6.95. The van der Waals surface area contributed by atoms with Crippen LogP contribution in [-0.4, -0.2) is 29.4 Å². The van der Waals surface area contributed by atoms with E-state index in [1.54, 1.807) is 6.07 Å². The maximum absolute atomic E-state index is 12.1. The summed E-state index contributed by atoms with van der Waals surface area (Å²) >= 11 is 3.30. The number of thiazole rings is 1. The molecule has 21 heavy (non-hydrogen) atoms. The lowest BCUT2D eigenvalue weighted by molar-refractivity contribution is 0.0953. The minimum Gasteiger partial charge on any atom is -0.375 e. The number of carbonyl (C=O) groups is 1. The Morgan fingerprint density at radius 1 is 1.33 bits per heavy atom. The number of nitrogens with two attached hydrogens (primary N) is 1. The van der Waals surface area contributed by atoms with E-state index in [-0.39, 0.29) is 5.91 Å². The summed E-state index contributed by atoms with van der Waals surface area (Å²) in [4.78, 5) is 16.3. The van der Waals surface area contributed by atoms with Crippen LogP contribution < -0.4 is 11.1 Å². The molecule has 4 nitrogen and oxygen atoms in total. The van der Waals surface area contributed by atoms with Gasteiger partial charge in [-0.25, -0.2) is 4.98 Å². The van der Waals surface area contributed by atoms with Gasteiger partial charge in [0.05, 0.1) is 10.2 Å². The fraction of sp³-hybridized carbons (Fsp3) is 0.467. The number of nitrogen functional groups attached to an aromatic ring is 1. The number of thioether (sulfide) groups is 1. The maximum Gasteiger partial charge on any atom is 0.251 e. The average molecular weight is 323 g/mol. The topological polar surface area (TPSA) is 68.0 Å². The summed E-state index contributed by atoms with van der Waals surface area (Å²) in [5, 5.41) is 3.51. The Balaban J connectivity index is 1.76. The molecule has 0 aliphatic rings. The highest BCUT2D eigenvalue weighted by Gasteiger charge is 2.08. The van der Waals surface area contributed by atoms with Crippen LogP contribution in [0.15, 0.2) is 18.2 Å². The minimum atomic E-state index is -0.0204. The van der Waals surface area contributed by atoms with Crippen LogP contribution in [0.25, 0.3) is 10.2 Å². The molecule has 0 fully saturated rings. The van der Waals surface area contributed by atoms with Gasteiger partial charge in [-0.1, -0.05) is 24.2 Å². The van der Waals surface area contributed by atoms with Crippen molar-refractivity contribution in [1.29, 1.82) is 0 Å². The Bertz CT molecular complexity index is 598. The van der Waals surface area contributed by atoms with E-state index in [9.17, 15) is 4.79 Å². The molecule has 0 atom stereocenters. The fourth-order valence-electron chi connectivity index (χ4n) is 2.11. The molecule has 0 aliphatic heterocycles. The van der Waals surface area contributed by atoms with E-state index in [1.807, 2.05) is 23.9 Å². The van der Waals surface area contributed by atoms with E-state index in [0.717, 1.165) is 23.2 Å². The van der Waals surface area contributed by atoms with Gasteiger partial charge >= 0.3 is 0 Å². The van der Waals surface area contributed by atoms with Crippen LogP contribution in [-0.2, 0) is 0 Å². The Morgan fingerprint density at radius 2 is 2.14 bits per heavy atom. The summed E-state index contributed by atoms with van der Waals surface area (Å²) in [6.07, 6.45) is 6.84. The molecular formula is C15H21N3OS2. The second kappa shape index (κ2) is 8.24. The monoisotopic (exact) mass is 323 g/mol. The lowest BCUT2D eigenvalue weighted by Crippen LogP contribution is -2.24. The van der Waals surface area contributed by atoms with Gasteiger partial charge in [0, 0.05) is 12.1 Å². The third-order valence-electron chi connectivity index (χ3n) is 3.23. The number of amides is 1. The number of unbranched alkanes of at least 4 members (excludes halogenated alkanes) is 3. The first-order valence-electron chi connectivity index (χ1n) is 7.14. The normalized spacial score (nSPS) is 10.9. The molecule has 1 aromatic carbocycles. The van der Waals surface area contributed by atoms with E-state index < -0.39 is 0 Å². The number of hydrogen-bond acceptors (Lipinski definition) is 5. The number of benzene rings is 1. The first-order valence-corrected chi connectivity index (χ1v) is 9.35. The number of rotatable bonds is 8. The van der Waals surface area contributed by atoms with Gasteiger partial charge in [0.25, 0.3) is 5.91 Å². The van der Waals surface area contributed by atoms with Crippen molar-refractivity contribution in [2.45, 2.75) is 25.7 Å². The number of nitrogens with zero attached hydrogens (tertiary/aromatic N) is 1. The molecule has 0 saturated carbocycles. The van der Waals surface area contributed by atoms with Gasteiger partial charge in [-0.2, -0.15) is 11.8 Å². The SMILES string of the molecule is CSCCCCCCNC(=O)c1ccc2nc(N)sc2c1. The van der Waals surface area contributed by atoms with Crippen molar-refractivity contribution >= 4 is 44.4 Å². The number of anilines is 1. The Morgan fingerprint density at radius 3 is 2.95 bits per heavy atom. The van der Waals surface area contributed by atoms with Crippen LogP contribution >= 0.6 is 23.1 Å². The number of hydrogen-bond donors (Lipinski definition) is 2. The van der Waals surface area contributed by atoms with Crippen molar-refractivity contribution in [3.8, 4) is 0 Å². The van der Waals surface area contributed by atoms with Crippen molar-refractivity contribution in [3.05, 3.63) is 23.8 Å². The van der Waals surface area contributed by atoms with Crippen LogP contribution in [0.1, 0.15) is 36.0 Å². The van der Waals surface area contributed by atoms with Gasteiger partial charge in [-0.05, 0) is 43.0 Å². The molecule has 1 amide bonds. The lowest BCUT2D eigenvalue weighted by atomic mass is 10.2. The van der Waals surface area contributed by atoms with Crippen LogP contribution in [0, 0.1) is 0 Å². The summed E-state index contributed by atoms with van der Waals surface area (Å²) in [7, 11) is 0. The molecule has 1 aromatic heterocycles. The zero-order chi connectivity index (χ0) is 15.1. The first-order chi connectivity index (χ1) is 10.2. The molecular weight excluding hydrogens is 302 g/mol. The first kappa shape index (κ1) is 16.1. The van der Waals surface area contributed by atoms with Gasteiger partial charge in [-0.15, -0.1) is 0 Å². The molecule has 2 rings (SSSR count). The molecule has 0 bridgehead atoms. The molecule has 114 valence electrons. The zero-order valence-electron chi connectivity index (χ0n) is 12.2. The predicted octanol–water partition coefficient (Wildman–Crippen LogP) is 3.53. The molecule has 6 heteroatoms. The van der Waals surface area contributed by atoms with Crippen LogP contribution in [0.5, 0.6) is 0 Å². The highest BCUT2D eigenvalue weighted by atomic mass is 32.2. The van der Waals surface area contributed by atoms with Crippen molar-refractivity contribution in [2.75, 3.05) is 24.3 Å². The average Bonchev–Trinajstić information content (AvgIpc) is 2.85. The van der Waals surface area contributed by atoms with Gasteiger partial charge in [0.2, 0.25) is 0 Å². The van der Waals surface area contributed by atoms with E-state index in [1.165, 1.54) is 36.4 Å². The molecule has 0 saturated heterocycles. The van der Waals surface area contributed by atoms with Crippen molar-refractivity contribution in [2.24, 2.45) is 0 Å². The van der Waals surface area contributed by atoms with Gasteiger partial charge in [-0.3, -0.25) is 4.79 Å². The fourth-order valence-corrected chi connectivity index (χ4v) is 3.38. The number of carbonyl (C=O) groups excluding carboxylic acids is 1.